The summed E-state index contributed by atoms with van der Waals surface area (Å²) < 4.78 is 11.4. The van der Waals surface area contributed by atoms with Crippen LogP contribution in [0, 0.1) is 11.3 Å². The van der Waals surface area contributed by atoms with Crippen LogP contribution in [0.4, 0.5) is 4.79 Å². The van der Waals surface area contributed by atoms with Crippen LogP contribution in [0.25, 0.3) is 10.9 Å². The standard InChI is InChI=1S/C17H16ClN3O4/c1-24-14-7-13-12(16(18)10(8-19)9-20-13)6-15(14)25-11-2-4-21(5-3-11)17(22)23/h6-7,9,11H,2-5H2,1H3,(H,22,23). The van der Waals surface area contributed by atoms with Crippen molar-refractivity contribution >= 4 is 28.6 Å². The average molecular weight is 362 g/mol. The molecule has 2 aromatic rings. The number of methoxy groups -OCH3 is 1. The van der Waals surface area contributed by atoms with Crippen molar-refractivity contribution in [1.29, 1.82) is 5.26 Å². The Balaban J connectivity index is 1.89. The molecule has 1 fully saturated rings. The van der Waals surface area contributed by atoms with E-state index in [1.807, 2.05) is 6.07 Å². The Hall–Kier alpha value is -2.72. The fourth-order valence-electron chi connectivity index (χ4n) is 2.84. The van der Waals surface area contributed by atoms with E-state index in [4.69, 9.17) is 31.4 Å². The van der Waals surface area contributed by atoms with Crippen molar-refractivity contribution in [2.45, 2.75) is 18.9 Å². The summed E-state index contributed by atoms with van der Waals surface area (Å²) in [5.41, 5.74) is 0.897. The summed E-state index contributed by atoms with van der Waals surface area (Å²) in [6, 6.07) is 5.43. The molecule has 0 unspecified atom stereocenters. The highest BCUT2D eigenvalue weighted by molar-refractivity contribution is 6.36. The molecule has 8 heteroatoms. The van der Waals surface area contributed by atoms with Crippen LogP contribution in [0.3, 0.4) is 0 Å². The third kappa shape index (κ3) is 3.39. The maximum Gasteiger partial charge on any atom is 0.407 e. The zero-order valence-electron chi connectivity index (χ0n) is 13.5. The normalized spacial score (nSPS) is 15.0. The minimum atomic E-state index is -0.913. The number of hydrogen-bond donors (Lipinski definition) is 1. The number of likely N-dealkylation sites (tertiary alicyclic amines) is 1. The van der Waals surface area contributed by atoms with Crippen LogP contribution < -0.4 is 9.47 Å². The second-order valence-corrected chi connectivity index (χ2v) is 6.08. The van der Waals surface area contributed by atoms with E-state index in [-0.39, 0.29) is 6.10 Å². The van der Waals surface area contributed by atoms with Crippen molar-refractivity contribution in [2.75, 3.05) is 20.2 Å². The van der Waals surface area contributed by atoms with Gasteiger partial charge in [0.1, 0.15) is 12.2 Å². The van der Waals surface area contributed by atoms with E-state index in [2.05, 4.69) is 4.98 Å². The smallest absolute Gasteiger partial charge is 0.407 e. The number of carbonyl (C=O) groups is 1. The molecule has 1 aliphatic rings. The van der Waals surface area contributed by atoms with Crippen LogP contribution in [-0.4, -0.2) is 47.4 Å². The molecule has 1 aliphatic heterocycles. The van der Waals surface area contributed by atoms with Crippen LogP contribution in [0.15, 0.2) is 18.3 Å². The lowest BCUT2D eigenvalue weighted by molar-refractivity contribution is 0.0879. The molecule has 3 rings (SSSR count). The minimum Gasteiger partial charge on any atom is -0.493 e. The van der Waals surface area contributed by atoms with Gasteiger partial charge in [0, 0.05) is 43.6 Å². The minimum absolute atomic E-state index is 0.118. The zero-order chi connectivity index (χ0) is 18.0. The second kappa shape index (κ2) is 7.03. The summed E-state index contributed by atoms with van der Waals surface area (Å²) in [7, 11) is 1.53. The Morgan fingerprint density at radius 3 is 2.72 bits per heavy atom. The van der Waals surface area contributed by atoms with Gasteiger partial charge in [-0.25, -0.2) is 4.79 Å². The highest BCUT2D eigenvalue weighted by Gasteiger charge is 2.24. The van der Waals surface area contributed by atoms with Crippen LogP contribution in [0.1, 0.15) is 18.4 Å². The number of rotatable bonds is 3. The van der Waals surface area contributed by atoms with Gasteiger partial charge in [-0.2, -0.15) is 5.26 Å². The van der Waals surface area contributed by atoms with Gasteiger partial charge >= 0.3 is 6.09 Å². The molecule has 25 heavy (non-hydrogen) atoms. The van der Waals surface area contributed by atoms with Gasteiger partial charge < -0.3 is 19.5 Å². The van der Waals surface area contributed by atoms with E-state index in [9.17, 15) is 4.79 Å². The zero-order valence-corrected chi connectivity index (χ0v) is 14.3. The quantitative estimate of drug-likeness (QED) is 0.901. The lowest BCUT2D eigenvalue weighted by Crippen LogP contribution is -2.41. The molecule has 0 spiro atoms. The molecule has 1 aromatic heterocycles. The Labute approximate surface area is 149 Å². The molecule has 0 radical (unpaired) electrons. The summed E-state index contributed by atoms with van der Waals surface area (Å²) >= 11 is 6.28. The Bertz CT molecular complexity index is 857. The van der Waals surface area contributed by atoms with Gasteiger partial charge in [-0.3, -0.25) is 4.98 Å². The number of piperidine rings is 1. The number of benzene rings is 1. The number of nitrogens with zero attached hydrogens (tertiary/aromatic N) is 3. The highest BCUT2D eigenvalue weighted by atomic mass is 35.5. The fraction of sp³-hybridized carbons (Fsp3) is 0.353. The number of aromatic nitrogens is 1. The molecular weight excluding hydrogens is 346 g/mol. The summed E-state index contributed by atoms with van der Waals surface area (Å²) in [4.78, 5) is 16.6. The number of nitriles is 1. The summed E-state index contributed by atoms with van der Waals surface area (Å²) in [6.07, 6.45) is 1.58. The molecule has 1 saturated heterocycles. The fourth-order valence-corrected chi connectivity index (χ4v) is 3.08. The van der Waals surface area contributed by atoms with Crippen molar-refractivity contribution in [3.8, 4) is 17.6 Å². The SMILES string of the molecule is COc1cc2ncc(C#N)c(Cl)c2cc1OC1CCN(C(=O)O)CC1. The first-order valence-electron chi connectivity index (χ1n) is 7.74. The number of ether oxygens (including phenoxy) is 2. The Morgan fingerprint density at radius 2 is 2.12 bits per heavy atom. The van der Waals surface area contributed by atoms with Crippen molar-refractivity contribution in [2.24, 2.45) is 0 Å². The van der Waals surface area contributed by atoms with E-state index in [1.54, 1.807) is 12.1 Å². The maximum atomic E-state index is 11.0. The van der Waals surface area contributed by atoms with Gasteiger partial charge in [-0.1, -0.05) is 11.6 Å². The molecule has 0 bridgehead atoms. The van der Waals surface area contributed by atoms with E-state index >= 15 is 0 Å². The summed E-state index contributed by atoms with van der Waals surface area (Å²) in [5.74, 6) is 1.02. The van der Waals surface area contributed by atoms with Crippen LogP contribution >= 0.6 is 11.6 Å². The number of fused-ring (bicyclic) bond motifs is 1. The molecule has 0 aliphatic carbocycles. The first-order valence-corrected chi connectivity index (χ1v) is 8.12. The van der Waals surface area contributed by atoms with Gasteiger partial charge in [-0.15, -0.1) is 0 Å². The number of pyridine rings is 1. The third-order valence-electron chi connectivity index (χ3n) is 4.21. The lowest BCUT2D eigenvalue weighted by atomic mass is 10.1. The molecule has 2 heterocycles. The Morgan fingerprint density at radius 1 is 1.40 bits per heavy atom. The number of halogens is 1. The van der Waals surface area contributed by atoms with E-state index in [1.165, 1.54) is 18.2 Å². The molecule has 130 valence electrons. The van der Waals surface area contributed by atoms with Crippen LogP contribution in [0.5, 0.6) is 11.5 Å². The summed E-state index contributed by atoms with van der Waals surface area (Å²) in [6.45, 7) is 0.855. The molecule has 1 aromatic carbocycles. The van der Waals surface area contributed by atoms with Crippen molar-refractivity contribution < 1.29 is 19.4 Å². The Kier molecular flexibility index (Phi) is 4.81. The van der Waals surface area contributed by atoms with Gasteiger partial charge in [0.25, 0.3) is 0 Å². The molecule has 7 nitrogen and oxygen atoms in total. The van der Waals surface area contributed by atoms with Gasteiger partial charge in [0.2, 0.25) is 0 Å². The van der Waals surface area contributed by atoms with Gasteiger partial charge in [0.15, 0.2) is 11.5 Å². The second-order valence-electron chi connectivity index (χ2n) is 5.70. The first kappa shape index (κ1) is 17.1. The predicted molar refractivity (Wildman–Crippen MR) is 91.3 cm³/mol. The van der Waals surface area contributed by atoms with Crippen molar-refractivity contribution in [1.82, 2.24) is 9.88 Å². The van der Waals surface area contributed by atoms with Gasteiger partial charge in [-0.05, 0) is 6.07 Å². The third-order valence-corrected chi connectivity index (χ3v) is 4.62. The first-order chi connectivity index (χ1) is 12.0. The molecule has 1 amide bonds. The topological polar surface area (TPSA) is 95.7 Å². The number of carboxylic acid groups (broad SMARTS) is 1. The van der Waals surface area contributed by atoms with Crippen LogP contribution in [0.2, 0.25) is 5.02 Å². The number of amides is 1. The van der Waals surface area contributed by atoms with Crippen LogP contribution in [-0.2, 0) is 0 Å². The molecule has 0 saturated carbocycles. The molecular formula is C17H16ClN3O4. The van der Waals surface area contributed by atoms with E-state index < -0.39 is 6.09 Å². The monoisotopic (exact) mass is 361 g/mol. The summed E-state index contributed by atoms with van der Waals surface area (Å²) in [5, 5.41) is 19.0. The van der Waals surface area contributed by atoms with Crippen molar-refractivity contribution in [3.63, 3.8) is 0 Å². The molecule has 0 atom stereocenters. The molecule has 1 N–H and O–H groups in total. The largest absolute Gasteiger partial charge is 0.493 e. The predicted octanol–water partition coefficient (Wildman–Crippen LogP) is 3.29. The number of hydrogen-bond acceptors (Lipinski definition) is 5. The average Bonchev–Trinajstić information content (AvgIpc) is 2.62. The van der Waals surface area contributed by atoms with E-state index in [0.717, 1.165) is 0 Å². The van der Waals surface area contributed by atoms with E-state index in [0.29, 0.717) is 58.9 Å². The van der Waals surface area contributed by atoms with Gasteiger partial charge in [0.05, 0.1) is 23.2 Å². The highest BCUT2D eigenvalue weighted by Crippen LogP contribution is 2.37. The lowest BCUT2D eigenvalue weighted by Gasteiger charge is -2.30. The van der Waals surface area contributed by atoms with Crippen molar-refractivity contribution in [3.05, 3.63) is 28.9 Å². The maximum absolute atomic E-state index is 11.0.